The highest BCUT2D eigenvalue weighted by molar-refractivity contribution is 5.92. The van der Waals surface area contributed by atoms with Crippen molar-refractivity contribution in [3.05, 3.63) is 17.8 Å². The van der Waals surface area contributed by atoms with E-state index in [1.807, 2.05) is 25.9 Å². The van der Waals surface area contributed by atoms with E-state index in [0.717, 1.165) is 0 Å². The molecule has 0 saturated heterocycles. The molecular weight excluding hydrogens is 218 g/mol. The zero-order chi connectivity index (χ0) is 12.8. The second-order valence-corrected chi connectivity index (χ2v) is 4.08. The predicted molar refractivity (Wildman–Crippen MR) is 67.1 cm³/mol. The maximum atomic E-state index is 11.7. The first-order valence-corrected chi connectivity index (χ1v) is 5.50. The molecule has 0 saturated carbocycles. The standard InChI is InChI=1S/C11H19N5O/c1-8(16(3)4)7-13-11(17)9-5-6-10(12-2)15-14-9/h5-6,8H,7H2,1-4H3,(H,12,15)(H,13,17). The van der Waals surface area contributed by atoms with E-state index in [-0.39, 0.29) is 11.9 Å². The summed E-state index contributed by atoms with van der Waals surface area (Å²) in [6.45, 7) is 2.62. The SMILES string of the molecule is CNc1ccc(C(=O)NCC(C)N(C)C)nn1. The Labute approximate surface area is 101 Å². The van der Waals surface area contributed by atoms with Gasteiger partial charge in [0, 0.05) is 19.6 Å². The molecule has 0 aliphatic rings. The fourth-order valence-corrected chi connectivity index (χ4v) is 1.10. The van der Waals surface area contributed by atoms with Gasteiger partial charge < -0.3 is 15.5 Å². The number of hydrogen-bond acceptors (Lipinski definition) is 5. The topological polar surface area (TPSA) is 70.2 Å². The molecule has 0 fully saturated rings. The second-order valence-electron chi connectivity index (χ2n) is 4.08. The summed E-state index contributed by atoms with van der Waals surface area (Å²) in [5.41, 5.74) is 0.329. The van der Waals surface area contributed by atoms with E-state index < -0.39 is 0 Å². The van der Waals surface area contributed by atoms with Crippen molar-refractivity contribution in [2.45, 2.75) is 13.0 Å². The van der Waals surface area contributed by atoms with Crippen LogP contribution in [-0.2, 0) is 0 Å². The van der Waals surface area contributed by atoms with Crippen molar-refractivity contribution in [3.8, 4) is 0 Å². The molecule has 1 heterocycles. The highest BCUT2D eigenvalue weighted by atomic mass is 16.1. The van der Waals surface area contributed by atoms with Gasteiger partial charge in [-0.15, -0.1) is 10.2 Å². The van der Waals surface area contributed by atoms with Crippen molar-refractivity contribution >= 4 is 11.7 Å². The molecule has 1 rings (SSSR count). The summed E-state index contributed by atoms with van der Waals surface area (Å²) in [6.07, 6.45) is 0. The number of aromatic nitrogens is 2. The number of nitrogens with zero attached hydrogens (tertiary/aromatic N) is 3. The van der Waals surface area contributed by atoms with Gasteiger partial charge in [-0.1, -0.05) is 0 Å². The maximum Gasteiger partial charge on any atom is 0.271 e. The third kappa shape index (κ3) is 3.99. The molecule has 1 atom stereocenters. The molecule has 1 aromatic heterocycles. The van der Waals surface area contributed by atoms with Crippen LogP contribution in [0.2, 0.25) is 0 Å². The van der Waals surface area contributed by atoms with Crippen LogP contribution in [0.5, 0.6) is 0 Å². The third-order valence-corrected chi connectivity index (χ3v) is 2.59. The summed E-state index contributed by atoms with van der Waals surface area (Å²) < 4.78 is 0. The van der Waals surface area contributed by atoms with Crippen molar-refractivity contribution in [1.82, 2.24) is 20.4 Å². The van der Waals surface area contributed by atoms with E-state index >= 15 is 0 Å². The Hall–Kier alpha value is -1.69. The number of nitrogens with one attached hydrogen (secondary N) is 2. The number of carbonyl (C=O) groups excluding carboxylic acids is 1. The Morgan fingerprint density at radius 2 is 2.12 bits per heavy atom. The monoisotopic (exact) mass is 237 g/mol. The van der Waals surface area contributed by atoms with Gasteiger partial charge in [0.05, 0.1) is 0 Å². The second kappa shape index (κ2) is 6.15. The molecule has 0 spiro atoms. The minimum atomic E-state index is -0.200. The molecular formula is C11H19N5O. The number of anilines is 1. The lowest BCUT2D eigenvalue weighted by Gasteiger charge is -2.19. The largest absolute Gasteiger partial charge is 0.372 e. The third-order valence-electron chi connectivity index (χ3n) is 2.59. The first-order valence-electron chi connectivity index (χ1n) is 5.50. The van der Waals surface area contributed by atoms with Gasteiger partial charge in [-0.2, -0.15) is 0 Å². The number of amides is 1. The van der Waals surface area contributed by atoms with Crippen LogP contribution in [0.1, 0.15) is 17.4 Å². The maximum absolute atomic E-state index is 11.7. The Bertz CT molecular complexity index is 363. The predicted octanol–water partition coefficient (Wildman–Crippen LogP) is 0.198. The van der Waals surface area contributed by atoms with E-state index in [4.69, 9.17) is 0 Å². The molecule has 1 amide bonds. The van der Waals surface area contributed by atoms with Gasteiger partial charge in [-0.25, -0.2) is 0 Å². The summed E-state index contributed by atoms with van der Waals surface area (Å²) in [4.78, 5) is 13.8. The number of carbonyl (C=O) groups is 1. The molecule has 94 valence electrons. The first kappa shape index (κ1) is 13.4. The lowest BCUT2D eigenvalue weighted by molar-refractivity contribution is 0.0937. The molecule has 1 unspecified atom stereocenters. The number of hydrogen-bond donors (Lipinski definition) is 2. The van der Waals surface area contributed by atoms with E-state index in [0.29, 0.717) is 18.1 Å². The van der Waals surface area contributed by atoms with Gasteiger partial charge in [0.15, 0.2) is 5.69 Å². The summed E-state index contributed by atoms with van der Waals surface area (Å²) in [5, 5.41) is 13.3. The lowest BCUT2D eigenvalue weighted by atomic mass is 10.3. The molecule has 2 N–H and O–H groups in total. The summed E-state index contributed by atoms with van der Waals surface area (Å²) in [5.74, 6) is 0.442. The summed E-state index contributed by atoms with van der Waals surface area (Å²) in [7, 11) is 5.69. The van der Waals surface area contributed by atoms with E-state index in [1.54, 1.807) is 19.2 Å². The van der Waals surface area contributed by atoms with E-state index in [1.165, 1.54) is 0 Å². The minimum absolute atomic E-state index is 0.200. The van der Waals surface area contributed by atoms with Crippen molar-refractivity contribution in [2.24, 2.45) is 0 Å². The van der Waals surface area contributed by atoms with Gasteiger partial charge in [-0.05, 0) is 33.2 Å². The molecule has 0 aliphatic carbocycles. The van der Waals surface area contributed by atoms with Crippen molar-refractivity contribution < 1.29 is 4.79 Å². The molecule has 0 radical (unpaired) electrons. The van der Waals surface area contributed by atoms with Gasteiger partial charge in [0.25, 0.3) is 5.91 Å². The van der Waals surface area contributed by atoms with Crippen LogP contribution in [0.15, 0.2) is 12.1 Å². The van der Waals surface area contributed by atoms with Crippen LogP contribution in [-0.4, -0.2) is 54.7 Å². The number of likely N-dealkylation sites (N-methyl/N-ethyl adjacent to an activating group) is 1. The average molecular weight is 237 g/mol. The summed E-state index contributed by atoms with van der Waals surface area (Å²) in [6, 6.07) is 3.65. The molecule has 0 bridgehead atoms. The quantitative estimate of drug-likeness (QED) is 0.765. The van der Waals surface area contributed by atoms with Gasteiger partial charge in [-0.3, -0.25) is 4.79 Å². The summed E-state index contributed by atoms with van der Waals surface area (Å²) >= 11 is 0. The van der Waals surface area contributed by atoms with Crippen molar-refractivity contribution in [3.63, 3.8) is 0 Å². The van der Waals surface area contributed by atoms with Crippen LogP contribution < -0.4 is 10.6 Å². The van der Waals surface area contributed by atoms with E-state index in [2.05, 4.69) is 20.8 Å². The smallest absolute Gasteiger partial charge is 0.271 e. The minimum Gasteiger partial charge on any atom is -0.372 e. The zero-order valence-corrected chi connectivity index (χ0v) is 10.7. The fraction of sp³-hybridized carbons (Fsp3) is 0.545. The Balaban J connectivity index is 2.52. The van der Waals surface area contributed by atoms with Crippen LogP contribution in [0.25, 0.3) is 0 Å². The van der Waals surface area contributed by atoms with Gasteiger partial charge in [0.1, 0.15) is 5.82 Å². The fourth-order valence-electron chi connectivity index (χ4n) is 1.10. The van der Waals surface area contributed by atoms with Crippen molar-refractivity contribution in [2.75, 3.05) is 33.0 Å². The van der Waals surface area contributed by atoms with Crippen LogP contribution in [0.3, 0.4) is 0 Å². The molecule has 0 aliphatic heterocycles. The molecule has 1 aromatic rings. The van der Waals surface area contributed by atoms with Gasteiger partial charge in [0.2, 0.25) is 0 Å². The number of rotatable bonds is 5. The van der Waals surface area contributed by atoms with Crippen LogP contribution >= 0.6 is 0 Å². The lowest BCUT2D eigenvalue weighted by Crippen LogP contribution is -2.38. The molecule has 6 nitrogen and oxygen atoms in total. The van der Waals surface area contributed by atoms with Gasteiger partial charge >= 0.3 is 0 Å². The highest BCUT2D eigenvalue weighted by Gasteiger charge is 2.10. The van der Waals surface area contributed by atoms with E-state index in [9.17, 15) is 4.79 Å². The average Bonchev–Trinajstić information content (AvgIpc) is 2.35. The molecule has 17 heavy (non-hydrogen) atoms. The Kier molecular flexibility index (Phi) is 4.84. The highest BCUT2D eigenvalue weighted by Crippen LogP contribution is 2.00. The molecule has 0 aromatic carbocycles. The Morgan fingerprint density at radius 3 is 2.59 bits per heavy atom. The molecule has 6 heteroatoms. The first-order chi connectivity index (χ1) is 8.04. The van der Waals surface area contributed by atoms with Crippen molar-refractivity contribution in [1.29, 1.82) is 0 Å². The van der Waals surface area contributed by atoms with Crippen LogP contribution in [0.4, 0.5) is 5.82 Å². The van der Waals surface area contributed by atoms with Crippen LogP contribution in [0, 0.1) is 0 Å². The zero-order valence-electron chi connectivity index (χ0n) is 10.7. The Morgan fingerprint density at radius 1 is 1.41 bits per heavy atom. The normalized spacial score (nSPS) is 12.3.